The third kappa shape index (κ3) is 4.50. The summed E-state index contributed by atoms with van der Waals surface area (Å²) < 4.78 is 13.1. The molecule has 1 N–H and O–H groups in total. The van der Waals surface area contributed by atoms with Gasteiger partial charge in [-0.3, -0.25) is 14.3 Å². The van der Waals surface area contributed by atoms with Crippen LogP contribution in [0.25, 0.3) is 22.4 Å². The molecule has 0 amide bonds. The maximum Gasteiger partial charge on any atom is 0.277 e. The van der Waals surface area contributed by atoms with Crippen LogP contribution in [-0.2, 0) is 18.2 Å². The zero-order chi connectivity index (χ0) is 23.5. The Kier molecular flexibility index (Phi) is 6.78. The van der Waals surface area contributed by atoms with E-state index in [0.29, 0.717) is 53.6 Å². The molecule has 0 unspecified atom stereocenters. The highest BCUT2D eigenvalue weighted by molar-refractivity contribution is 6.00. The highest BCUT2D eigenvalue weighted by Crippen LogP contribution is 2.37. The molecule has 2 aromatic heterocycles. The van der Waals surface area contributed by atoms with Crippen molar-refractivity contribution in [3.05, 3.63) is 33.7 Å². The zero-order valence-electron chi connectivity index (χ0n) is 19.7. The highest BCUT2D eigenvalue weighted by atomic mass is 16.5. The third-order valence-electron chi connectivity index (χ3n) is 5.78. The minimum absolute atomic E-state index is 0.103. The first-order valence-electron chi connectivity index (χ1n) is 11.5. The highest BCUT2D eigenvalue weighted by Gasteiger charge is 2.23. The molecule has 1 aliphatic heterocycles. The van der Waals surface area contributed by atoms with E-state index in [0.717, 1.165) is 43.7 Å². The molecular weight excluding hydrogens is 422 g/mol. The molecule has 3 aromatic rings. The molecule has 4 rings (SSSR count). The van der Waals surface area contributed by atoms with Crippen molar-refractivity contribution in [1.29, 1.82) is 0 Å². The number of hydrogen-bond acceptors (Lipinski definition) is 7. The number of nitrogens with zero attached hydrogens (tertiary/aromatic N) is 4. The van der Waals surface area contributed by atoms with Crippen LogP contribution in [-0.4, -0.2) is 58.4 Å². The van der Waals surface area contributed by atoms with E-state index in [-0.39, 0.29) is 11.3 Å². The summed E-state index contributed by atoms with van der Waals surface area (Å²) in [6.07, 6.45) is 2.40. The topological polar surface area (TPSA) is 102 Å². The molecule has 0 atom stereocenters. The van der Waals surface area contributed by atoms with Gasteiger partial charge in [0, 0.05) is 25.8 Å². The molecule has 0 aliphatic carbocycles. The quantitative estimate of drug-likeness (QED) is 0.523. The predicted octanol–water partition coefficient (Wildman–Crippen LogP) is 3.10. The molecule has 1 saturated heterocycles. The Balaban J connectivity index is 1.96. The number of hydrogen-bond donors (Lipinski definition) is 1. The van der Waals surface area contributed by atoms with Crippen molar-refractivity contribution in [3.8, 4) is 17.1 Å². The molecule has 0 saturated carbocycles. The smallest absolute Gasteiger partial charge is 0.277 e. The van der Waals surface area contributed by atoms with Crippen molar-refractivity contribution in [2.45, 2.75) is 40.0 Å². The number of H-pyrrole nitrogens is 1. The number of anilines is 1. The van der Waals surface area contributed by atoms with E-state index in [4.69, 9.17) is 14.5 Å². The second kappa shape index (κ2) is 9.74. The van der Waals surface area contributed by atoms with Crippen LogP contribution in [0.4, 0.5) is 5.69 Å². The fourth-order valence-electron chi connectivity index (χ4n) is 4.19. The molecule has 176 valence electrons. The van der Waals surface area contributed by atoms with Crippen molar-refractivity contribution in [2.75, 3.05) is 37.8 Å². The van der Waals surface area contributed by atoms with Gasteiger partial charge in [-0.1, -0.05) is 20.3 Å². The summed E-state index contributed by atoms with van der Waals surface area (Å²) in [5, 5.41) is 4.51. The minimum Gasteiger partial charge on any atom is -0.492 e. The summed E-state index contributed by atoms with van der Waals surface area (Å²) in [6.45, 7) is 8.73. The lowest BCUT2D eigenvalue weighted by Gasteiger charge is -2.30. The lowest BCUT2D eigenvalue weighted by Crippen LogP contribution is -2.36. The van der Waals surface area contributed by atoms with E-state index in [1.165, 1.54) is 6.92 Å². The SMILES string of the molecule is CCCOc1c(C(C)=O)cc(N2CCOCC2)cc1-c1nc2c(CCC)nn(C)c2c(=O)[nH]1. The van der Waals surface area contributed by atoms with Gasteiger partial charge in [-0.15, -0.1) is 0 Å². The van der Waals surface area contributed by atoms with Crippen LogP contribution in [0.15, 0.2) is 16.9 Å². The maximum atomic E-state index is 13.1. The Morgan fingerprint density at radius 3 is 2.64 bits per heavy atom. The van der Waals surface area contributed by atoms with Gasteiger partial charge in [0.05, 0.1) is 36.6 Å². The molecule has 0 radical (unpaired) electrons. The van der Waals surface area contributed by atoms with Crippen molar-refractivity contribution in [3.63, 3.8) is 0 Å². The summed E-state index contributed by atoms with van der Waals surface area (Å²) in [6, 6.07) is 3.81. The van der Waals surface area contributed by atoms with Crippen molar-refractivity contribution < 1.29 is 14.3 Å². The van der Waals surface area contributed by atoms with Crippen LogP contribution < -0.4 is 15.2 Å². The first-order valence-corrected chi connectivity index (χ1v) is 11.5. The summed E-state index contributed by atoms with van der Waals surface area (Å²) >= 11 is 0. The fourth-order valence-corrected chi connectivity index (χ4v) is 4.19. The van der Waals surface area contributed by atoms with Crippen LogP contribution in [0.3, 0.4) is 0 Å². The monoisotopic (exact) mass is 453 g/mol. The number of benzene rings is 1. The van der Waals surface area contributed by atoms with E-state index in [1.807, 2.05) is 19.1 Å². The number of carbonyl (C=O) groups excluding carboxylic acids is 1. The second-order valence-electron chi connectivity index (χ2n) is 8.31. The Bertz CT molecular complexity index is 1220. The average Bonchev–Trinajstić information content (AvgIpc) is 3.13. The summed E-state index contributed by atoms with van der Waals surface area (Å²) in [5.74, 6) is 0.722. The van der Waals surface area contributed by atoms with Gasteiger partial charge in [-0.05, 0) is 31.9 Å². The molecule has 1 fully saturated rings. The van der Waals surface area contributed by atoms with Crippen molar-refractivity contribution in [1.82, 2.24) is 19.7 Å². The van der Waals surface area contributed by atoms with Crippen LogP contribution in [0.1, 0.15) is 49.7 Å². The Morgan fingerprint density at radius 2 is 1.97 bits per heavy atom. The number of Topliss-reactive ketones (excluding diaryl/α,β-unsaturated/α-hetero) is 1. The predicted molar refractivity (Wildman–Crippen MR) is 127 cm³/mol. The first kappa shape index (κ1) is 23.0. The molecule has 0 bridgehead atoms. The van der Waals surface area contributed by atoms with Gasteiger partial charge in [0.1, 0.15) is 17.1 Å². The Labute approximate surface area is 192 Å². The number of nitrogens with one attached hydrogen (secondary N) is 1. The zero-order valence-corrected chi connectivity index (χ0v) is 19.7. The molecule has 33 heavy (non-hydrogen) atoms. The van der Waals surface area contributed by atoms with E-state index in [2.05, 4.69) is 21.9 Å². The van der Waals surface area contributed by atoms with Gasteiger partial charge in [-0.2, -0.15) is 5.10 Å². The number of ether oxygens (including phenoxy) is 2. The van der Waals surface area contributed by atoms with E-state index in [9.17, 15) is 9.59 Å². The van der Waals surface area contributed by atoms with Crippen LogP contribution in [0.5, 0.6) is 5.75 Å². The van der Waals surface area contributed by atoms with Gasteiger partial charge < -0.3 is 19.4 Å². The van der Waals surface area contributed by atoms with E-state index < -0.39 is 0 Å². The number of carbonyl (C=O) groups is 1. The fraction of sp³-hybridized carbons (Fsp3) is 0.500. The van der Waals surface area contributed by atoms with Crippen LogP contribution >= 0.6 is 0 Å². The van der Waals surface area contributed by atoms with Crippen LogP contribution in [0, 0.1) is 0 Å². The number of rotatable bonds is 8. The second-order valence-corrected chi connectivity index (χ2v) is 8.31. The minimum atomic E-state index is -0.269. The standard InChI is InChI=1S/C24H31N5O4/c1-5-7-19-20-21(28(4)27-19)24(31)26-23(25-20)18-14-16(29-8-11-32-12-9-29)13-17(15(3)30)22(18)33-10-6-2/h13-14H,5-12H2,1-4H3,(H,25,26,31). The average molecular weight is 454 g/mol. The number of aromatic amines is 1. The third-order valence-corrected chi connectivity index (χ3v) is 5.78. The number of ketones is 1. The van der Waals surface area contributed by atoms with Crippen molar-refractivity contribution in [2.24, 2.45) is 7.05 Å². The van der Waals surface area contributed by atoms with Gasteiger partial charge in [0.15, 0.2) is 11.3 Å². The summed E-state index contributed by atoms with van der Waals surface area (Å²) in [4.78, 5) is 35.6. The Hall–Kier alpha value is -3.20. The van der Waals surface area contributed by atoms with E-state index in [1.54, 1.807) is 11.7 Å². The van der Waals surface area contributed by atoms with Gasteiger partial charge in [0.2, 0.25) is 0 Å². The molecule has 9 heteroatoms. The van der Waals surface area contributed by atoms with Gasteiger partial charge in [0.25, 0.3) is 5.56 Å². The molecule has 9 nitrogen and oxygen atoms in total. The molecule has 1 aromatic carbocycles. The van der Waals surface area contributed by atoms with E-state index >= 15 is 0 Å². The number of aryl methyl sites for hydroxylation is 2. The molecular formula is C24H31N5O4. The van der Waals surface area contributed by atoms with Gasteiger partial charge >= 0.3 is 0 Å². The molecule has 3 heterocycles. The lowest BCUT2D eigenvalue weighted by atomic mass is 10.0. The molecule has 1 aliphatic rings. The number of fused-ring (bicyclic) bond motifs is 1. The van der Waals surface area contributed by atoms with Crippen molar-refractivity contribution >= 4 is 22.5 Å². The maximum absolute atomic E-state index is 13.1. The van der Waals surface area contributed by atoms with Gasteiger partial charge in [-0.25, -0.2) is 4.98 Å². The molecule has 0 spiro atoms. The number of aromatic nitrogens is 4. The van der Waals surface area contributed by atoms with Crippen LogP contribution in [0.2, 0.25) is 0 Å². The normalized spacial score (nSPS) is 14.1. The lowest BCUT2D eigenvalue weighted by molar-refractivity contribution is 0.101. The number of morpholine rings is 1. The Morgan fingerprint density at radius 1 is 1.21 bits per heavy atom. The summed E-state index contributed by atoms with van der Waals surface area (Å²) in [7, 11) is 1.75. The summed E-state index contributed by atoms with van der Waals surface area (Å²) in [5.41, 5.74) is 3.50. The largest absolute Gasteiger partial charge is 0.492 e. The first-order chi connectivity index (χ1) is 15.9.